The number of likely N-dealkylation sites (tertiary alicyclic amines) is 2. The molecule has 0 aromatic rings. The summed E-state index contributed by atoms with van der Waals surface area (Å²) < 4.78 is 0. The van der Waals surface area contributed by atoms with Crippen molar-refractivity contribution in [3.63, 3.8) is 0 Å². The number of hydrogen-bond donors (Lipinski definition) is 1. The molecule has 0 radical (unpaired) electrons. The number of nitrogens with one attached hydrogen (secondary N) is 1. The van der Waals surface area contributed by atoms with Gasteiger partial charge in [-0.05, 0) is 32.4 Å². The van der Waals surface area contributed by atoms with Crippen LogP contribution >= 0.6 is 12.4 Å². The molecule has 3 fully saturated rings. The van der Waals surface area contributed by atoms with Gasteiger partial charge in [-0.2, -0.15) is 0 Å². The van der Waals surface area contributed by atoms with Crippen LogP contribution < -0.4 is 5.32 Å². The second kappa shape index (κ2) is 6.22. The second-order valence-corrected chi connectivity index (χ2v) is 5.68. The van der Waals surface area contributed by atoms with Gasteiger partial charge in [-0.1, -0.05) is 6.42 Å². The highest BCUT2D eigenvalue weighted by atomic mass is 35.5. The van der Waals surface area contributed by atoms with Crippen LogP contribution in [0.2, 0.25) is 0 Å². The van der Waals surface area contributed by atoms with Crippen LogP contribution in [0.15, 0.2) is 0 Å². The van der Waals surface area contributed by atoms with Gasteiger partial charge in [0.1, 0.15) is 0 Å². The third-order valence-electron chi connectivity index (χ3n) is 4.51. The molecule has 4 nitrogen and oxygen atoms in total. The minimum atomic E-state index is 0. The predicted molar refractivity (Wildman–Crippen MR) is 74.0 cm³/mol. The molecule has 0 aromatic carbocycles. The molecule has 0 aliphatic carbocycles. The van der Waals surface area contributed by atoms with E-state index in [1.54, 1.807) is 0 Å². The smallest absolute Gasteiger partial charge is 0.228 e. The summed E-state index contributed by atoms with van der Waals surface area (Å²) in [6, 6.07) is 0.646. The minimum absolute atomic E-state index is 0. The van der Waals surface area contributed by atoms with Gasteiger partial charge in [-0.3, -0.25) is 9.69 Å². The topological polar surface area (TPSA) is 35.6 Å². The number of piperidine rings is 1. The summed E-state index contributed by atoms with van der Waals surface area (Å²) in [5.41, 5.74) is 0. The fourth-order valence-electron chi connectivity index (χ4n) is 3.25. The second-order valence-electron chi connectivity index (χ2n) is 5.68. The number of carbonyl (C=O) groups is 1. The Morgan fingerprint density at radius 3 is 2.39 bits per heavy atom. The molecule has 0 saturated carbocycles. The van der Waals surface area contributed by atoms with E-state index in [4.69, 9.17) is 0 Å². The molecule has 18 heavy (non-hydrogen) atoms. The first-order valence-corrected chi connectivity index (χ1v) is 7.08. The summed E-state index contributed by atoms with van der Waals surface area (Å²) in [5.74, 6) is 0.665. The number of nitrogens with zero attached hydrogens (tertiary/aromatic N) is 2. The van der Waals surface area contributed by atoms with Gasteiger partial charge in [-0.15, -0.1) is 12.4 Å². The Morgan fingerprint density at radius 1 is 1.06 bits per heavy atom. The largest absolute Gasteiger partial charge is 0.341 e. The fourth-order valence-corrected chi connectivity index (χ4v) is 3.25. The molecule has 0 bridgehead atoms. The molecule has 1 N–H and O–H groups in total. The minimum Gasteiger partial charge on any atom is -0.341 e. The highest BCUT2D eigenvalue weighted by molar-refractivity contribution is 5.85. The Labute approximate surface area is 115 Å². The molecule has 3 aliphatic heterocycles. The predicted octanol–water partition coefficient (Wildman–Crippen LogP) is 0.714. The molecule has 3 aliphatic rings. The van der Waals surface area contributed by atoms with Crippen molar-refractivity contribution in [3.05, 3.63) is 0 Å². The Bertz CT molecular complexity index is 290. The van der Waals surface area contributed by atoms with Crippen LogP contribution in [0.5, 0.6) is 0 Å². The maximum atomic E-state index is 12.1. The van der Waals surface area contributed by atoms with Gasteiger partial charge in [0.25, 0.3) is 0 Å². The summed E-state index contributed by atoms with van der Waals surface area (Å²) in [6.45, 7) is 6.24. The van der Waals surface area contributed by atoms with Crippen molar-refractivity contribution in [2.24, 2.45) is 5.92 Å². The summed E-state index contributed by atoms with van der Waals surface area (Å²) in [7, 11) is 0. The Morgan fingerprint density at radius 2 is 1.78 bits per heavy atom. The number of rotatable bonds is 2. The number of carbonyl (C=O) groups excluding carboxylic acids is 1. The SMILES string of the molecule is Cl.O=C(C1CNC1)N1CCC(N2CCCCC2)C1. The van der Waals surface area contributed by atoms with E-state index < -0.39 is 0 Å². The van der Waals surface area contributed by atoms with Gasteiger partial charge >= 0.3 is 0 Å². The van der Waals surface area contributed by atoms with Crippen LogP contribution in [0, 0.1) is 5.92 Å². The van der Waals surface area contributed by atoms with E-state index in [2.05, 4.69) is 15.1 Å². The Hall–Kier alpha value is -0.320. The van der Waals surface area contributed by atoms with Crippen LogP contribution in [0.1, 0.15) is 25.7 Å². The zero-order chi connectivity index (χ0) is 11.7. The normalized spacial score (nSPS) is 29.8. The molecule has 3 rings (SSSR count). The third kappa shape index (κ3) is 2.81. The maximum absolute atomic E-state index is 12.1. The molecule has 1 atom stereocenters. The summed E-state index contributed by atoms with van der Waals surface area (Å²) in [5, 5.41) is 3.18. The van der Waals surface area contributed by atoms with Gasteiger partial charge < -0.3 is 10.2 Å². The Kier molecular flexibility index (Phi) is 4.87. The summed E-state index contributed by atoms with van der Waals surface area (Å²) in [4.78, 5) is 16.8. The maximum Gasteiger partial charge on any atom is 0.228 e. The van der Waals surface area contributed by atoms with E-state index in [0.29, 0.717) is 11.9 Å². The molecule has 0 aromatic heterocycles. The van der Waals surface area contributed by atoms with Gasteiger partial charge in [-0.25, -0.2) is 0 Å². The highest BCUT2D eigenvalue weighted by Crippen LogP contribution is 2.22. The van der Waals surface area contributed by atoms with Crippen molar-refractivity contribution >= 4 is 18.3 Å². The van der Waals surface area contributed by atoms with E-state index in [0.717, 1.165) is 26.2 Å². The number of hydrogen-bond acceptors (Lipinski definition) is 3. The summed E-state index contributed by atoms with van der Waals surface area (Å²) >= 11 is 0. The van der Waals surface area contributed by atoms with Crippen LogP contribution in [0.3, 0.4) is 0 Å². The summed E-state index contributed by atoms with van der Waals surface area (Å²) in [6.07, 6.45) is 5.26. The van der Waals surface area contributed by atoms with E-state index in [1.165, 1.54) is 38.8 Å². The first kappa shape index (κ1) is 14.1. The Balaban J connectivity index is 0.00000120. The van der Waals surface area contributed by atoms with Gasteiger partial charge in [0, 0.05) is 32.2 Å². The first-order chi connectivity index (χ1) is 8.34. The van der Waals surface area contributed by atoms with Gasteiger partial charge in [0.15, 0.2) is 0 Å². The zero-order valence-electron chi connectivity index (χ0n) is 10.9. The van der Waals surface area contributed by atoms with Crippen molar-refractivity contribution < 1.29 is 4.79 Å². The fraction of sp³-hybridized carbons (Fsp3) is 0.923. The van der Waals surface area contributed by atoms with Crippen LogP contribution in [-0.4, -0.2) is 61.0 Å². The highest BCUT2D eigenvalue weighted by Gasteiger charge is 2.35. The lowest BCUT2D eigenvalue weighted by Crippen LogP contribution is -2.52. The van der Waals surface area contributed by atoms with Crippen LogP contribution in [0.25, 0.3) is 0 Å². The van der Waals surface area contributed by atoms with Crippen molar-refractivity contribution in [1.82, 2.24) is 15.1 Å². The molecule has 3 saturated heterocycles. The van der Waals surface area contributed by atoms with Crippen LogP contribution in [0.4, 0.5) is 0 Å². The average Bonchev–Trinajstić information content (AvgIpc) is 2.77. The quantitative estimate of drug-likeness (QED) is 0.805. The van der Waals surface area contributed by atoms with Crippen LogP contribution in [-0.2, 0) is 4.79 Å². The average molecular weight is 274 g/mol. The first-order valence-electron chi connectivity index (χ1n) is 7.08. The standard InChI is InChI=1S/C13H23N3O.ClH/c17-13(11-8-14-9-11)16-7-4-12(10-16)15-5-2-1-3-6-15;/h11-12,14H,1-10H2;1H. The van der Waals surface area contributed by atoms with Crippen molar-refractivity contribution in [2.75, 3.05) is 39.3 Å². The molecule has 1 amide bonds. The zero-order valence-corrected chi connectivity index (χ0v) is 11.8. The molecular formula is C13H24ClN3O. The van der Waals surface area contributed by atoms with Crippen molar-refractivity contribution in [3.8, 4) is 0 Å². The molecule has 0 spiro atoms. The number of halogens is 1. The monoisotopic (exact) mass is 273 g/mol. The van der Waals surface area contributed by atoms with Crippen molar-refractivity contribution in [1.29, 1.82) is 0 Å². The lowest BCUT2D eigenvalue weighted by molar-refractivity contribution is -0.136. The van der Waals surface area contributed by atoms with E-state index >= 15 is 0 Å². The lowest BCUT2D eigenvalue weighted by Gasteiger charge is -2.33. The molecule has 104 valence electrons. The van der Waals surface area contributed by atoms with Gasteiger partial charge in [0.05, 0.1) is 5.92 Å². The van der Waals surface area contributed by atoms with E-state index in [1.807, 2.05) is 0 Å². The molecule has 1 unspecified atom stereocenters. The molecular weight excluding hydrogens is 250 g/mol. The van der Waals surface area contributed by atoms with E-state index in [-0.39, 0.29) is 18.3 Å². The van der Waals surface area contributed by atoms with Gasteiger partial charge in [0.2, 0.25) is 5.91 Å². The number of amides is 1. The molecule has 3 heterocycles. The van der Waals surface area contributed by atoms with Crippen molar-refractivity contribution in [2.45, 2.75) is 31.7 Å². The lowest BCUT2D eigenvalue weighted by atomic mass is 10.0. The molecule has 5 heteroatoms. The third-order valence-corrected chi connectivity index (χ3v) is 4.51. The van der Waals surface area contributed by atoms with E-state index in [9.17, 15) is 4.79 Å².